The van der Waals surface area contributed by atoms with Crippen LogP contribution in [-0.4, -0.2) is 10.9 Å². The number of carbonyl (C=O) groups excluding carboxylic acids is 1. The summed E-state index contributed by atoms with van der Waals surface area (Å²) in [4.78, 5) is 12.4. The lowest BCUT2D eigenvalue weighted by atomic mass is 9.55. The van der Waals surface area contributed by atoms with Crippen LogP contribution in [0.1, 0.15) is 87.8 Å². The highest BCUT2D eigenvalue weighted by Crippen LogP contribution is 2.60. The Morgan fingerprint density at radius 1 is 1.25 bits per heavy atom. The Bertz CT molecular complexity index is 677. The standard InChI is InChI=1S/C22H30O2/c1-4-13(2)21-17-6-5-16-15(14(17)7-9-19(21)23)11-12-22(3)18(16)8-10-20(22)24/h7,9,13,15-16,18,23H,4-6,8,10-12H2,1-3H3/t13?,15-,16-,18+,22+/m1/s1. The number of ketones is 1. The summed E-state index contributed by atoms with van der Waals surface area (Å²) < 4.78 is 0. The lowest BCUT2D eigenvalue weighted by Crippen LogP contribution is -2.42. The number of hydrogen-bond acceptors (Lipinski definition) is 2. The third-order valence-electron chi connectivity index (χ3n) is 7.75. The highest BCUT2D eigenvalue weighted by Gasteiger charge is 2.54. The molecule has 5 atom stereocenters. The average molecular weight is 326 g/mol. The molecule has 1 unspecified atom stereocenters. The van der Waals surface area contributed by atoms with E-state index < -0.39 is 0 Å². The summed E-state index contributed by atoms with van der Waals surface area (Å²) in [7, 11) is 0. The minimum Gasteiger partial charge on any atom is -0.508 e. The van der Waals surface area contributed by atoms with Crippen molar-refractivity contribution >= 4 is 5.78 Å². The quantitative estimate of drug-likeness (QED) is 0.797. The minimum absolute atomic E-state index is 0.0465. The fourth-order valence-electron chi connectivity index (χ4n) is 6.21. The van der Waals surface area contributed by atoms with Crippen molar-refractivity contribution < 1.29 is 9.90 Å². The van der Waals surface area contributed by atoms with Gasteiger partial charge in [0.2, 0.25) is 0 Å². The van der Waals surface area contributed by atoms with Gasteiger partial charge in [-0.15, -0.1) is 0 Å². The molecular formula is C22H30O2. The van der Waals surface area contributed by atoms with Crippen LogP contribution in [0.3, 0.4) is 0 Å². The first-order valence-electron chi connectivity index (χ1n) is 9.85. The van der Waals surface area contributed by atoms with Crippen LogP contribution in [0.25, 0.3) is 0 Å². The lowest BCUT2D eigenvalue weighted by molar-refractivity contribution is -0.129. The van der Waals surface area contributed by atoms with Crippen LogP contribution in [0.2, 0.25) is 0 Å². The molecule has 0 saturated heterocycles. The van der Waals surface area contributed by atoms with Gasteiger partial charge in [-0.1, -0.05) is 26.8 Å². The number of fused-ring (bicyclic) bond motifs is 5. The topological polar surface area (TPSA) is 37.3 Å². The van der Waals surface area contributed by atoms with Crippen molar-refractivity contribution in [2.75, 3.05) is 0 Å². The van der Waals surface area contributed by atoms with Crippen molar-refractivity contribution in [3.63, 3.8) is 0 Å². The molecule has 1 aromatic rings. The van der Waals surface area contributed by atoms with Crippen LogP contribution in [0.4, 0.5) is 0 Å². The van der Waals surface area contributed by atoms with Crippen molar-refractivity contribution in [1.29, 1.82) is 0 Å². The maximum absolute atomic E-state index is 12.4. The number of aromatic hydroxyl groups is 1. The summed E-state index contributed by atoms with van der Waals surface area (Å²) in [5, 5.41) is 10.4. The summed E-state index contributed by atoms with van der Waals surface area (Å²) in [5.74, 6) is 3.26. The first-order chi connectivity index (χ1) is 11.5. The molecule has 2 saturated carbocycles. The van der Waals surface area contributed by atoms with Gasteiger partial charge < -0.3 is 5.11 Å². The first kappa shape index (κ1) is 16.2. The second-order valence-corrected chi connectivity index (χ2v) is 8.71. The Morgan fingerprint density at radius 3 is 2.79 bits per heavy atom. The first-order valence-corrected chi connectivity index (χ1v) is 9.85. The van der Waals surface area contributed by atoms with Gasteiger partial charge in [-0.05, 0) is 79.4 Å². The van der Waals surface area contributed by atoms with Crippen molar-refractivity contribution in [2.45, 2.75) is 77.6 Å². The molecule has 0 aromatic heterocycles. The van der Waals surface area contributed by atoms with Gasteiger partial charge in [-0.25, -0.2) is 0 Å². The van der Waals surface area contributed by atoms with Gasteiger partial charge in [-0.3, -0.25) is 4.79 Å². The molecule has 0 bridgehead atoms. The zero-order chi connectivity index (χ0) is 17.1. The van der Waals surface area contributed by atoms with Crippen LogP contribution in [0.15, 0.2) is 12.1 Å². The van der Waals surface area contributed by atoms with E-state index in [1.807, 2.05) is 6.07 Å². The molecule has 0 radical (unpaired) electrons. The predicted molar refractivity (Wildman–Crippen MR) is 96.4 cm³/mol. The highest BCUT2D eigenvalue weighted by molar-refractivity contribution is 5.87. The van der Waals surface area contributed by atoms with E-state index in [-0.39, 0.29) is 5.41 Å². The molecule has 24 heavy (non-hydrogen) atoms. The molecule has 2 nitrogen and oxygen atoms in total. The second kappa shape index (κ2) is 5.61. The van der Waals surface area contributed by atoms with Gasteiger partial charge in [0.25, 0.3) is 0 Å². The van der Waals surface area contributed by atoms with Gasteiger partial charge in [0.05, 0.1) is 0 Å². The van der Waals surface area contributed by atoms with Crippen LogP contribution in [-0.2, 0) is 11.2 Å². The Kier molecular flexibility index (Phi) is 3.78. The zero-order valence-electron chi connectivity index (χ0n) is 15.3. The van der Waals surface area contributed by atoms with Gasteiger partial charge in [0.15, 0.2) is 0 Å². The van der Waals surface area contributed by atoms with E-state index in [4.69, 9.17) is 0 Å². The van der Waals surface area contributed by atoms with E-state index in [0.29, 0.717) is 35.2 Å². The summed E-state index contributed by atoms with van der Waals surface area (Å²) in [6.45, 7) is 6.67. The highest BCUT2D eigenvalue weighted by atomic mass is 16.3. The van der Waals surface area contributed by atoms with E-state index in [0.717, 1.165) is 38.5 Å². The minimum atomic E-state index is -0.0465. The molecule has 0 spiro atoms. The third-order valence-corrected chi connectivity index (χ3v) is 7.75. The molecule has 3 aliphatic carbocycles. The summed E-state index contributed by atoms with van der Waals surface area (Å²) >= 11 is 0. The molecule has 130 valence electrons. The normalized spacial score (nSPS) is 36.0. The van der Waals surface area contributed by atoms with Crippen molar-refractivity contribution in [2.24, 2.45) is 17.3 Å². The maximum atomic E-state index is 12.4. The number of rotatable bonds is 2. The number of carbonyl (C=O) groups is 1. The Labute approximate surface area is 145 Å². The van der Waals surface area contributed by atoms with Crippen LogP contribution < -0.4 is 0 Å². The Hall–Kier alpha value is -1.31. The number of hydrogen-bond donors (Lipinski definition) is 1. The summed E-state index contributed by atoms with van der Waals surface area (Å²) in [6, 6.07) is 4.11. The van der Waals surface area contributed by atoms with Gasteiger partial charge in [-0.2, -0.15) is 0 Å². The van der Waals surface area contributed by atoms with E-state index in [1.165, 1.54) is 23.1 Å². The Balaban J connectivity index is 1.75. The molecule has 0 amide bonds. The van der Waals surface area contributed by atoms with Crippen molar-refractivity contribution in [3.05, 3.63) is 28.8 Å². The molecule has 2 heteroatoms. The average Bonchev–Trinajstić information content (AvgIpc) is 2.89. The Morgan fingerprint density at radius 2 is 2.04 bits per heavy atom. The van der Waals surface area contributed by atoms with E-state index >= 15 is 0 Å². The molecule has 0 heterocycles. The monoisotopic (exact) mass is 326 g/mol. The lowest BCUT2D eigenvalue weighted by Gasteiger charge is -2.48. The number of benzene rings is 1. The number of phenolic OH excluding ortho intramolecular Hbond substituents is 1. The summed E-state index contributed by atoms with van der Waals surface area (Å²) in [5.41, 5.74) is 4.07. The van der Waals surface area contributed by atoms with E-state index in [9.17, 15) is 9.90 Å². The zero-order valence-corrected chi connectivity index (χ0v) is 15.3. The fourth-order valence-corrected chi connectivity index (χ4v) is 6.21. The van der Waals surface area contributed by atoms with Crippen molar-refractivity contribution in [3.8, 4) is 5.75 Å². The molecule has 1 aromatic carbocycles. The molecular weight excluding hydrogens is 296 g/mol. The van der Waals surface area contributed by atoms with Gasteiger partial charge >= 0.3 is 0 Å². The SMILES string of the molecule is CCC(C)c1c(O)ccc2c1CC[C@@H]1[C@@H]2CC[C@]2(C)C(=O)CC[C@@H]12. The predicted octanol–water partition coefficient (Wildman–Crippen LogP) is 5.33. The van der Waals surface area contributed by atoms with Crippen molar-refractivity contribution in [1.82, 2.24) is 0 Å². The smallest absolute Gasteiger partial charge is 0.139 e. The number of phenols is 1. The van der Waals surface area contributed by atoms with Gasteiger partial charge in [0, 0.05) is 17.4 Å². The number of Topliss-reactive ketones (excluding diaryl/α,β-unsaturated/α-hetero) is 1. The molecule has 3 aliphatic rings. The molecule has 1 N–H and O–H groups in total. The largest absolute Gasteiger partial charge is 0.508 e. The molecule has 4 rings (SSSR count). The summed E-state index contributed by atoms with van der Waals surface area (Å²) in [6.07, 6.45) is 7.42. The van der Waals surface area contributed by atoms with Gasteiger partial charge in [0.1, 0.15) is 11.5 Å². The third kappa shape index (κ3) is 2.11. The molecule has 2 fully saturated rings. The van der Waals surface area contributed by atoms with Crippen LogP contribution in [0, 0.1) is 17.3 Å². The maximum Gasteiger partial charge on any atom is 0.139 e. The van der Waals surface area contributed by atoms with E-state index in [2.05, 4.69) is 26.8 Å². The fraction of sp³-hybridized carbons (Fsp3) is 0.682. The van der Waals surface area contributed by atoms with Crippen LogP contribution in [0.5, 0.6) is 5.75 Å². The molecule has 0 aliphatic heterocycles. The second-order valence-electron chi connectivity index (χ2n) is 8.71. The van der Waals surface area contributed by atoms with Crippen LogP contribution >= 0.6 is 0 Å². The van der Waals surface area contributed by atoms with E-state index in [1.54, 1.807) is 0 Å².